The topological polar surface area (TPSA) is 54.0 Å². The number of amides is 1. The summed E-state index contributed by atoms with van der Waals surface area (Å²) in [6.07, 6.45) is 1.19. The largest absolute Gasteiger partial charge is 0.311 e. The molecule has 1 amide bonds. The molecule has 1 aliphatic rings. The van der Waals surface area contributed by atoms with Gasteiger partial charge in [0.1, 0.15) is 0 Å². The molecule has 2 aromatic rings. The van der Waals surface area contributed by atoms with Crippen molar-refractivity contribution >= 4 is 34.0 Å². The Bertz CT molecular complexity index is 618. The zero-order chi connectivity index (χ0) is 13.9. The third-order valence-electron chi connectivity index (χ3n) is 3.16. The number of hydrogen-bond donors (Lipinski definition) is 2. The van der Waals surface area contributed by atoms with Crippen molar-refractivity contribution in [2.75, 3.05) is 11.9 Å². The molecule has 2 N–H and O–H groups in total. The lowest BCUT2D eigenvalue weighted by molar-refractivity contribution is -0.115. The fraction of sp³-hybridized carbons (Fsp3) is 0.286. The van der Waals surface area contributed by atoms with Gasteiger partial charge in [0.15, 0.2) is 5.13 Å². The normalized spacial score (nSPS) is 13.8. The quantitative estimate of drug-likeness (QED) is 0.916. The van der Waals surface area contributed by atoms with Crippen LogP contribution in [0.25, 0.3) is 0 Å². The number of anilines is 1. The summed E-state index contributed by atoms with van der Waals surface area (Å²) in [7, 11) is 0. The van der Waals surface area contributed by atoms with E-state index in [4.69, 9.17) is 11.6 Å². The van der Waals surface area contributed by atoms with E-state index in [2.05, 4.69) is 15.6 Å². The Morgan fingerprint density at radius 1 is 1.45 bits per heavy atom. The van der Waals surface area contributed by atoms with Gasteiger partial charge in [0, 0.05) is 29.4 Å². The Morgan fingerprint density at radius 2 is 2.30 bits per heavy atom. The zero-order valence-electron chi connectivity index (χ0n) is 10.8. The lowest BCUT2D eigenvalue weighted by Crippen LogP contribution is -2.22. The first-order valence-corrected chi connectivity index (χ1v) is 7.64. The van der Waals surface area contributed by atoms with Crippen LogP contribution in [0.5, 0.6) is 0 Å². The minimum absolute atomic E-state index is 0.0860. The Kier molecular flexibility index (Phi) is 4.00. The van der Waals surface area contributed by atoms with Crippen molar-refractivity contribution in [3.05, 3.63) is 45.4 Å². The summed E-state index contributed by atoms with van der Waals surface area (Å²) >= 11 is 7.59. The van der Waals surface area contributed by atoms with Gasteiger partial charge in [0.2, 0.25) is 5.91 Å². The van der Waals surface area contributed by atoms with Gasteiger partial charge in [0.05, 0.1) is 12.1 Å². The maximum atomic E-state index is 12.0. The molecule has 3 rings (SSSR count). The number of fused-ring (bicyclic) bond motifs is 1. The van der Waals surface area contributed by atoms with E-state index >= 15 is 0 Å². The van der Waals surface area contributed by atoms with Gasteiger partial charge in [-0.15, -0.1) is 11.3 Å². The maximum absolute atomic E-state index is 12.0. The molecule has 0 saturated heterocycles. The second kappa shape index (κ2) is 5.91. The van der Waals surface area contributed by atoms with Crippen molar-refractivity contribution in [2.45, 2.75) is 19.4 Å². The molecule has 20 heavy (non-hydrogen) atoms. The Balaban J connectivity index is 1.67. The number of hydrogen-bond acceptors (Lipinski definition) is 4. The van der Waals surface area contributed by atoms with E-state index in [-0.39, 0.29) is 12.3 Å². The highest BCUT2D eigenvalue weighted by Crippen LogP contribution is 2.25. The van der Waals surface area contributed by atoms with Crippen molar-refractivity contribution in [2.24, 2.45) is 0 Å². The summed E-state index contributed by atoms with van der Waals surface area (Å²) in [5, 5.41) is 7.44. The van der Waals surface area contributed by atoms with Gasteiger partial charge in [-0.2, -0.15) is 0 Å². The molecule has 0 fully saturated rings. The maximum Gasteiger partial charge on any atom is 0.230 e. The monoisotopic (exact) mass is 307 g/mol. The van der Waals surface area contributed by atoms with Gasteiger partial charge in [-0.3, -0.25) is 4.79 Å². The second-order valence-corrected chi connectivity index (χ2v) is 6.12. The highest BCUT2D eigenvalue weighted by Gasteiger charge is 2.16. The number of rotatable bonds is 3. The van der Waals surface area contributed by atoms with Crippen molar-refractivity contribution < 1.29 is 4.79 Å². The summed E-state index contributed by atoms with van der Waals surface area (Å²) in [6, 6.07) is 7.38. The lowest BCUT2D eigenvalue weighted by Gasteiger charge is -2.09. The van der Waals surface area contributed by atoms with Crippen LogP contribution in [-0.4, -0.2) is 17.4 Å². The molecule has 0 atom stereocenters. The van der Waals surface area contributed by atoms with Gasteiger partial charge in [0.25, 0.3) is 0 Å². The van der Waals surface area contributed by atoms with E-state index in [1.54, 1.807) is 6.07 Å². The van der Waals surface area contributed by atoms with Crippen LogP contribution in [0.15, 0.2) is 24.3 Å². The Morgan fingerprint density at radius 3 is 3.10 bits per heavy atom. The highest BCUT2D eigenvalue weighted by molar-refractivity contribution is 7.15. The van der Waals surface area contributed by atoms with Crippen LogP contribution < -0.4 is 10.6 Å². The molecule has 1 aliphatic heterocycles. The first-order valence-electron chi connectivity index (χ1n) is 6.45. The van der Waals surface area contributed by atoms with Crippen LogP contribution in [0.3, 0.4) is 0 Å². The molecule has 0 bridgehead atoms. The second-order valence-electron chi connectivity index (χ2n) is 4.63. The van der Waals surface area contributed by atoms with E-state index in [1.165, 1.54) is 16.2 Å². The number of nitrogens with zero attached hydrogens (tertiary/aromatic N) is 1. The third kappa shape index (κ3) is 3.00. The third-order valence-corrected chi connectivity index (χ3v) is 4.54. The first-order chi connectivity index (χ1) is 9.72. The van der Waals surface area contributed by atoms with E-state index in [9.17, 15) is 4.79 Å². The molecule has 1 aromatic heterocycles. The van der Waals surface area contributed by atoms with Gasteiger partial charge in [-0.05, 0) is 11.6 Å². The van der Waals surface area contributed by atoms with Gasteiger partial charge in [-0.25, -0.2) is 4.98 Å². The van der Waals surface area contributed by atoms with E-state index < -0.39 is 0 Å². The number of aromatic nitrogens is 1. The molecule has 0 radical (unpaired) electrons. The molecular formula is C14H14ClN3OS. The molecule has 4 nitrogen and oxygen atoms in total. The molecule has 0 saturated carbocycles. The van der Waals surface area contributed by atoms with Crippen LogP contribution in [0.2, 0.25) is 5.02 Å². The van der Waals surface area contributed by atoms with E-state index in [1.807, 2.05) is 18.2 Å². The molecule has 6 heteroatoms. The predicted molar refractivity (Wildman–Crippen MR) is 81.3 cm³/mol. The molecule has 104 valence electrons. The van der Waals surface area contributed by atoms with Crippen molar-refractivity contribution in [3.8, 4) is 0 Å². The number of benzene rings is 1. The van der Waals surface area contributed by atoms with Crippen LogP contribution >= 0.6 is 22.9 Å². The van der Waals surface area contributed by atoms with E-state index in [0.717, 1.165) is 30.8 Å². The molecule has 2 heterocycles. The number of carbonyl (C=O) groups excluding carboxylic acids is 1. The molecule has 1 aromatic carbocycles. The average Bonchev–Trinajstić information content (AvgIpc) is 2.83. The van der Waals surface area contributed by atoms with Crippen molar-refractivity contribution in [3.63, 3.8) is 0 Å². The Hall–Kier alpha value is -1.43. The van der Waals surface area contributed by atoms with E-state index in [0.29, 0.717) is 10.2 Å². The first kappa shape index (κ1) is 13.5. The molecular weight excluding hydrogens is 294 g/mol. The van der Waals surface area contributed by atoms with Gasteiger partial charge >= 0.3 is 0 Å². The van der Waals surface area contributed by atoms with Crippen LogP contribution in [0.1, 0.15) is 16.1 Å². The summed E-state index contributed by atoms with van der Waals surface area (Å²) < 4.78 is 0. The number of halogens is 1. The summed E-state index contributed by atoms with van der Waals surface area (Å²) in [5.41, 5.74) is 1.93. The number of thiazole rings is 1. The standard InChI is InChI=1S/C14H14ClN3OS/c15-10-4-2-1-3-9(10)7-13(19)18-14-17-11-5-6-16-8-12(11)20-14/h1-4,16H,5-8H2,(H,17,18,19). The molecule has 0 aliphatic carbocycles. The van der Waals surface area contributed by atoms with Gasteiger partial charge in [-0.1, -0.05) is 29.8 Å². The SMILES string of the molecule is O=C(Cc1ccccc1Cl)Nc1nc2c(s1)CNCC2. The highest BCUT2D eigenvalue weighted by atomic mass is 35.5. The average molecular weight is 308 g/mol. The van der Waals surface area contributed by atoms with Crippen molar-refractivity contribution in [1.29, 1.82) is 0 Å². The van der Waals surface area contributed by atoms with Crippen LogP contribution in [-0.2, 0) is 24.2 Å². The fourth-order valence-electron chi connectivity index (χ4n) is 2.16. The number of nitrogens with one attached hydrogen (secondary N) is 2. The summed E-state index contributed by atoms with van der Waals surface area (Å²) in [5.74, 6) is -0.0860. The van der Waals surface area contributed by atoms with Gasteiger partial charge < -0.3 is 10.6 Å². The smallest absolute Gasteiger partial charge is 0.230 e. The summed E-state index contributed by atoms with van der Waals surface area (Å²) in [6.45, 7) is 1.79. The van der Waals surface area contributed by atoms with Crippen LogP contribution in [0, 0.1) is 0 Å². The number of carbonyl (C=O) groups is 1. The Labute approximate surface area is 126 Å². The minimum atomic E-state index is -0.0860. The van der Waals surface area contributed by atoms with Crippen molar-refractivity contribution in [1.82, 2.24) is 10.3 Å². The fourth-order valence-corrected chi connectivity index (χ4v) is 3.35. The zero-order valence-corrected chi connectivity index (χ0v) is 12.4. The lowest BCUT2D eigenvalue weighted by atomic mass is 10.1. The molecule has 0 spiro atoms. The summed E-state index contributed by atoms with van der Waals surface area (Å²) in [4.78, 5) is 17.7. The molecule has 0 unspecified atom stereocenters. The van der Waals surface area contributed by atoms with Crippen LogP contribution in [0.4, 0.5) is 5.13 Å². The predicted octanol–water partition coefficient (Wildman–Crippen LogP) is 2.62. The minimum Gasteiger partial charge on any atom is -0.311 e.